The lowest BCUT2D eigenvalue weighted by Gasteiger charge is -2.36. The van der Waals surface area contributed by atoms with Crippen molar-refractivity contribution in [3.63, 3.8) is 0 Å². The van der Waals surface area contributed by atoms with Gasteiger partial charge in [0.05, 0.1) is 12.5 Å². The van der Waals surface area contributed by atoms with Gasteiger partial charge in [0, 0.05) is 35.7 Å². The lowest BCUT2D eigenvalue weighted by Crippen LogP contribution is -2.54. The molecule has 0 aliphatic carbocycles. The molecule has 0 bridgehead atoms. The van der Waals surface area contributed by atoms with Gasteiger partial charge in [-0.15, -0.1) is 0 Å². The van der Waals surface area contributed by atoms with Gasteiger partial charge in [-0.1, -0.05) is 18.2 Å². The van der Waals surface area contributed by atoms with Crippen LogP contribution in [0.1, 0.15) is 50.5 Å². The topological polar surface area (TPSA) is 79.3 Å². The summed E-state index contributed by atoms with van der Waals surface area (Å²) in [5, 5.41) is 6.13. The summed E-state index contributed by atoms with van der Waals surface area (Å²) in [6.45, 7) is 5.40. The molecule has 7 heteroatoms. The number of imidazole rings is 1. The fourth-order valence-corrected chi connectivity index (χ4v) is 5.62. The first-order valence-corrected chi connectivity index (χ1v) is 10.5. The van der Waals surface area contributed by atoms with Gasteiger partial charge in [0.15, 0.2) is 0 Å². The van der Waals surface area contributed by atoms with E-state index in [4.69, 9.17) is 0 Å². The third-order valence-electron chi connectivity index (χ3n) is 6.82. The van der Waals surface area contributed by atoms with Crippen molar-refractivity contribution >= 4 is 17.5 Å². The largest absolute Gasteiger partial charge is 0.349 e. The van der Waals surface area contributed by atoms with E-state index in [2.05, 4.69) is 38.9 Å². The highest BCUT2D eigenvalue weighted by Gasteiger charge is 2.65. The van der Waals surface area contributed by atoms with Crippen molar-refractivity contribution in [1.82, 2.24) is 19.8 Å². The number of hydrogen-bond donors (Lipinski definition) is 2. The van der Waals surface area contributed by atoms with E-state index in [1.165, 1.54) is 0 Å². The molecule has 3 aliphatic rings. The lowest BCUT2D eigenvalue weighted by molar-refractivity contribution is -0.137. The first-order chi connectivity index (χ1) is 14.0. The summed E-state index contributed by atoms with van der Waals surface area (Å²) in [5.74, 6) is 0.299. The van der Waals surface area contributed by atoms with E-state index in [0.717, 1.165) is 36.5 Å². The number of aromatic nitrogens is 2. The van der Waals surface area contributed by atoms with Crippen molar-refractivity contribution in [2.45, 2.75) is 57.3 Å². The molecule has 2 N–H and O–H groups in total. The Labute approximate surface area is 170 Å². The molecule has 2 amide bonds. The number of amides is 2. The molecule has 1 spiro atoms. The lowest BCUT2D eigenvalue weighted by atomic mass is 9.78. The monoisotopic (exact) mass is 393 g/mol. The fourth-order valence-electron chi connectivity index (χ4n) is 5.62. The first-order valence-electron chi connectivity index (χ1n) is 10.5. The van der Waals surface area contributed by atoms with E-state index in [9.17, 15) is 9.59 Å². The number of rotatable bonds is 4. The maximum absolute atomic E-state index is 13.4. The van der Waals surface area contributed by atoms with Crippen LogP contribution in [-0.4, -0.2) is 38.9 Å². The van der Waals surface area contributed by atoms with E-state index in [1.807, 2.05) is 30.5 Å². The molecule has 4 heterocycles. The van der Waals surface area contributed by atoms with E-state index in [0.29, 0.717) is 13.0 Å². The van der Waals surface area contributed by atoms with Gasteiger partial charge >= 0.3 is 0 Å². The average Bonchev–Trinajstić information content (AvgIpc) is 3.45. The van der Waals surface area contributed by atoms with Gasteiger partial charge in [-0.05, 0) is 45.7 Å². The van der Waals surface area contributed by atoms with Crippen LogP contribution < -0.4 is 10.6 Å². The Morgan fingerprint density at radius 3 is 3.03 bits per heavy atom. The van der Waals surface area contributed by atoms with Gasteiger partial charge in [0.2, 0.25) is 11.8 Å². The Morgan fingerprint density at radius 2 is 2.21 bits per heavy atom. The smallest absolute Gasteiger partial charge is 0.250 e. The molecule has 0 saturated carbocycles. The summed E-state index contributed by atoms with van der Waals surface area (Å²) < 4.78 is 2.06. The number of nitrogens with one attached hydrogen (secondary N) is 2. The summed E-state index contributed by atoms with van der Waals surface area (Å²) in [7, 11) is 0. The van der Waals surface area contributed by atoms with Gasteiger partial charge in [0.1, 0.15) is 11.4 Å². The molecular weight excluding hydrogens is 366 g/mol. The molecule has 0 radical (unpaired) electrons. The van der Waals surface area contributed by atoms with Crippen LogP contribution in [0, 0.1) is 5.92 Å². The molecule has 152 valence electrons. The fraction of sp³-hybridized carbons (Fsp3) is 0.500. The summed E-state index contributed by atoms with van der Waals surface area (Å²) in [5.41, 5.74) is 0.881. The molecule has 3 aliphatic heterocycles. The number of anilines is 1. The molecule has 0 unspecified atom stereocenters. The molecule has 7 nitrogen and oxygen atoms in total. The second kappa shape index (κ2) is 6.69. The molecular formula is C22H27N5O2. The number of carbonyl (C=O) groups is 2. The average molecular weight is 393 g/mol. The van der Waals surface area contributed by atoms with Crippen molar-refractivity contribution in [3.8, 4) is 0 Å². The zero-order chi connectivity index (χ0) is 20.2. The van der Waals surface area contributed by atoms with Crippen LogP contribution in [0.2, 0.25) is 0 Å². The van der Waals surface area contributed by atoms with Crippen LogP contribution in [0.5, 0.6) is 0 Å². The summed E-state index contributed by atoms with van der Waals surface area (Å²) in [6, 6.07) is 8.37. The SMILES string of the molecule is CC(C)n1ccnc1CNC(=O)[C@H]1C[C@H]2CCCN2[C@]12C(=O)Nc1ccccc12. The Hall–Kier alpha value is -2.67. The number of hydrogen-bond acceptors (Lipinski definition) is 4. The summed E-state index contributed by atoms with van der Waals surface area (Å²) in [4.78, 5) is 33.4. The normalized spacial score (nSPS) is 28.0. The van der Waals surface area contributed by atoms with Crippen LogP contribution in [0.4, 0.5) is 5.69 Å². The van der Waals surface area contributed by atoms with Gasteiger partial charge < -0.3 is 15.2 Å². The second-order valence-electron chi connectivity index (χ2n) is 8.61. The quantitative estimate of drug-likeness (QED) is 0.836. The van der Waals surface area contributed by atoms with Crippen LogP contribution in [0.25, 0.3) is 0 Å². The van der Waals surface area contributed by atoms with E-state index >= 15 is 0 Å². The van der Waals surface area contributed by atoms with Crippen molar-refractivity contribution in [2.24, 2.45) is 5.92 Å². The highest BCUT2D eigenvalue weighted by Crippen LogP contribution is 2.55. The Kier molecular flexibility index (Phi) is 4.24. The third-order valence-corrected chi connectivity index (χ3v) is 6.82. The highest BCUT2D eigenvalue weighted by molar-refractivity contribution is 6.09. The maximum Gasteiger partial charge on any atom is 0.250 e. The van der Waals surface area contributed by atoms with E-state index in [1.54, 1.807) is 6.20 Å². The molecule has 1 aromatic heterocycles. The highest BCUT2D eigenvalue weighted by atomic mass is 16.2. The minimum absolute atomic E-state index is 0.0630. The Balaban J connectivity index is 1.47. The summed E-state index contributed by atoms with van der Waals surface area (Å²) >= 11 is 0. The summed E-state index contributed by atoms with van der Waals surface area (Å²) in [6.07, 6.45) is 6.52. The number of benzene rings is 1. The van der Waals surface area contributed by atoms with Crippen molar-refractivity contribution < 1.29 is 9.59 Å². The van der Waals surface area contributed by atoms with Gasteiger partial charge in [-0.25, -0.2) is 4.98 Å². The predicted molar refractivity (Wildman–Crippen MR) is 109 cm³/mol. The van der Waals surface area contributed by atoms with Gasteiger partial charge in [0.25, 0.3) is 0 Å². The molecule has 3 atom stereocenters. The van der Waals surface area contributed by atoms with Crippen molar-refractivity contribution in [2.75, 3.05) is 11.9 Å². The molecule has 5 rings (SSSR count). The minimum atomic E-state index is -0.894. The van der Waals surface area contributed by atoms with Gasteiger partial charge in [-0.2, -0.15) is 0 Å². The second-order valence-corrected chi connectivity index (χ2v) is 8.61. The Bertz CT molecular complexity index is 968. The van der Waals surface area contributed by atoms with Crippen LogP contribution in [-0.2, 0) is 21.7 Å². The first kappa shape index (κ1) is 18.4. The van der Waals surface area contributed by atoms with E-state index in [-0.39, 0.29) is 23.9 Å². The zero-order valence-corrected chi connectivity index (χ0v) is 16.9. The van der Waals surface area contributed by atoms with Crippen LogP contribution in [0.15, 0.2) is 36.7 Å². The number of carbonyl (C=O) groups excluding carboxylic acids is 2. The minimum Gasteiger partial charge on any atom is -0.349 e. The number of nitrogens with zero attached hydrogens (tertiary/aromatic N) is 3. The van der Waals surface area contributed by atoms with E-state index < -0.39 is 11.5 Å². The molecule has 2 aromatic rings. The number of fused-ring (bicyclic) bond motifs is 4. The standard InChI is InChI=1S/C22H27N5O2/c1-14(2)26-11-9-23-19(26)13-24-20(28)17-12-15-6-5-10-27(15)22(17)16-7-3-4-8-18(16)25-21(22)29/h3-4,7-9,11,14-15,17H,5-6,10,12-13H2,1-2H3,(H,24,28)(H,25,29)/t15-,17-,22+/m1/s1. The third kappa shape index (κ3) is 2.56. The van der Waals surface area contributed by atoms with Crippen LogP contribution >= 0.6 is 0 Å². The van der Waals surface area contributed by atoms with Gasteiger partial charge in [-0.3, -0.25) is 14.5 Å². The molecule has 29 heavy (non-hydrogen) atoms. The molecule has 2 saturated heterocycles. The van der Waals surface area contributed by atoms with Crippen molar-refractivity contribution in [3.05, 3.63) is 48.0 Å². The molecule has 2 fully saturated rings. The number of para-hydroxylation sites is 1. The predicted octanol–water partition coefficient (Wildman–Crippen LogP) is 2.41. The van der Waals surface area contributed by atoms with Crippen LogP contribution in [0.3, 0.4) is 0 Å². The Morgan fingerprint density at radius 1 is 1.38 bits per heavy atom. The van der Waals surface area contributed by atoms with Crippen molar-refractivity contribution in [1.29, 1.82) is 0 Å². The maximum atomic E-state index is 13.4. The molecule has 1 aromatic carbocycles. The zero-order valence-electron chi connectivity index (χ0n) is 16.9.